The first-order valence-corrected chi connectivity index (χ1v) is 3.24. The molecule has 3 heteroatoms. The van der Waals surface area contributed by atoms with Crippen molar-refractivity contribution >= 4 is 12.7 Å². The molecule has 0 amide bonds. The predicted octanol–water partition coefficient (Wildman–Crippen LogP) is 1.03. The molecule has 0 rings (SSSR count). The Balaban J connectivity index is 3.73. The van der Waals surface area contributed by atoms with Crippen molar-refractivity contribution < 1.29 is 9.53 Å². The van der Waals surface area contributed by atoms with Crippen LogP contribution in [0.25, 0.3) is 0 Å². The number of carbonyl (C=O) groups excluding carboxylic acids is 1. The summed E-state index contributed by atoms with van der Waals surface area (Å²) in [5.41, 5.74) is 0. The highest BCUT2D eigenvalue weighted by atomic mass is 16.5. The van der Waals surface area contributed by atoms with Crippen LogP contribution >= 0.6 is 0 Å². The second-order valence-corrected chi connectivity index (χ2v) is 2.34. The van der Waals surface area contributed by atoms with E-state index in [-0.39, 0.29) is 12.1 Å². The largest absolute Gasteiger partial charge is 0.461 e. The van der Waals surface area contributed by atoms with Gasteiger partial charge >= 0.3 is 5.97 Å². The molecule has 58 valence electrons. The van der Waals surface area contributed by atoms with Crippen molar-refractivity contribution in [3.05, 3.63) is 0 Å². The minimum Gasteiger partial charge on any atom is -0.461 e. The molecule has 0 bridgehead atoms. The average molecular weight is 143 g/mol. The van der Waals surface area contributed by atoms with Crippen LogP contribution in [0, 0.1) is 0 Å². The van der Waals surface area contributed by atoms with Crippen molar-refractivity contribution in [2.45, 2.75) is 32.9 Å². The minimum atomic E-state index is -0.442. The monoisotopic (exact) mass is 143 g/mol. The SMILES string of the molecule is C=N[C@H](C)C(=O)OC(C)C. The van der Waals surface area contributed by atoms with E-state index in [4.69, 9.17) is 4.74 Å². The third-order valence-electron chi connectivity index (χ3n) is 0.967. The Morgan fingerprint density at radius 3 is 2.30 bits per heavy atom. The number of hydrogen-bond acceptors (Lipinski definition) is 3. The van der Waals surface area contributed by atoms with E-state index in [0.29, 0.717) is 0 Å². The van der Waals surface area contributed by atoms with Gasteiger partial charge in [-0.2, -0.15) is 0 Å². The summed E-state index contributed by atoms with van der Waals surface area (Å²) in [6.45, 7) is 8.49. The molecule has 0 heterocycles. The maximum Gasteiger partial charge on any atom is 0.330 e. The zero-order valence-corrected chi connectivity index (χ0v) is 6.63. The lowest BCUT2D eigenvalue weighted by Crippen LogP contribution is -2.21. The van der Waals surface area contributed by atoms with Gasteiger partial charge in [-0.3, -0.25) is 4.99 Å². The lowest BCUT2D eigenvalue weighted by atomic mass is 10.3. The molecule has 0 fully saturated rings. The quantitative estimate of drug-likeness (QED) is 0.437. The number of nitrogens with zero attached hydrogens (tertiary/aromatic N) is 1. The molecule has 0 radical (unpaired) electrons. The van der Waals surface area contributed by atoms with Crippen LogP contribution in [0.1, 0.15) is 20.8 Å². The highest BCUT2D eigenvalue weighted by molar-refractivity contribution is 5.76. The smallest absolute Gasteiger partial charge is 0.330 e. The van der Waals surface area contributed by atoms with Gasteiger partial charge in [0.2, 0.25) is 0 Å². The summed E-state index contributed by atoms with van der Waals surface area (Å²) in [7, 11) is 0. The van der Waals surface area contributed by atoms with Crippen LogP contribution in [-0.4, -0.2) is 24.8 Å². The van der Waals surface area contributed by atoms with Crippen LogP contribution in [0.15, 0.2) is 4.99 Å². The molecular formula is C7H13NO2. The third-order valence-corrected chi connectivity index (χ3v) is 0.967. The maximum absolute atomic E-state index is 10.8. The van der Waals surface area contributed by atoms with Gasteiger partial charge in [0.1, 0.15) is 6.04 Å². The Labute approximate surface area is 61.1 Å². The number of ether oxygens (including phenoxy) is 1. The van der Waals surface area contributed by atoms with Crippen molar-refractivity contribution in [1.29, 1.82) is 0 Å². The van der Waals surface area contributed by atoms with Gasteiger partial charge in [0, 0.05) is 0 Å². The van der Waals surface area contributed by atoms with Crippen LogP contribution in [0.4, 0.5) is 0 Å². The Morgan fingerprint density at radius 2 is 2.00 bits per heavy atom. The van der Waals surface area contributed by atoms with Gasteiger partial charge in [0.15, 0.2) is 0 Å². The summed E-state index contributed by atoms with van der Waals surface area (Å²) >= 11 is 0. The average Bonchev–Trinajstić information content (AvgIpc) is 1.85. The van der Waals surface area contributed by atoms with Gasteiger partial charge in [0.05, 0.1) is 6.10 Å². The summed E-state index contributed by atoms with van der Waals surface area (Å²) in [5, 5.41) is 0. The van der Waals surface area contributed by atoms with E-state index in [0.717, 1.165) is 0 Å². The molecule has 0 saturated carbocycles. The summed E-state index contributed by atoms with van der Waals surface area (Å²) in [4.78, 5) is 14.3. The van der Waals surface area contributed by atoms with Crippen LogP contribution in [-0.2, 0) is 9.53 Å². The molecule has 0 unspecified atom stereocenters. The molecule has 0 aromatic heterocycles. The van der Waals surface area contributed by atoms with Crippen LogP contribution in [0.3, 0.4) is 0 Å². The number of carbonyl (C=O) groups is 1. The summed E-state index contributed by atoms with van der Waals surface area (Å²) < 4.78 is 4.83. The van der Waals surface area contributed by atoms with E-state index < -0.39 is 6.04 Å². The van der Waals surface area contributed by atoms with Crippen LogP contribution in [0.2, 0.25) is 0 Å². The van der Waals surface area contributed by atoms with Crippen molar-refractivity contribution in [1.82, 2.24) is 0 Å². The fourth-order valence-corrected chi connectivity index (χ4v) is 0.405. The van der Waals surface area contributed by atoms with E-state index in [2.05, 4.69) is 11.7 Å². The van der Waals surface area contributed by atoms with Crippen molar-refractivity contribution in [3.63, 3.8) is 0 Å². The summed E-state index contributed by atoms with van der Waals surface area (Å²) in [6.07, 6.45) is -0.0725. The molecule has 0 aliphatic carbocycles. The molecule has 0 saturated heterocycles. The van der Waals surface area contributed by atoms with E-state index in [1.165, 1.54) is 0 Å². The molecule has 0 aliphatic rings. The highest BCUT2D eigenvalue weighted by Gasteiger charge is 2.12. The molecule has 0 aromatic rings. The normalized spacial score (nSPS) is 12.8. The van der Waals surface area contributed by atoms with Crippen LogP contribution in [0.5, 0.6) is 0 Å². The standard InChI is InChI=1S/C7H13NO2/c1-5(2)10-7(9)6(3)8-4/h5-6H,4H2,1-3H3/t6-/m1/s1. The maximum atomic E-state index is 10.8. The fraction of sp³-hybridized carbons (Fsp3) is 0.714. The van der Waals surface area contributed by atoms with Crippen molar-refractivity contribution in [3.8, 4) is 0 Å². The molecule has 0 aliphatic heterocycles. The topological polar surface area (TPSA) is 38.7 Å². The second kappa shape index (κ2) is 4.04. The minimum absolute atomic E-state index is 0.0725. The fourth-order valence-electron chi connectivity index (χ4n) is 0.405. The van der Waals surface area contributed by atoms with Gasteiger partial charge in [-0.15, -0.1) is 0 Å². The molecular weight excluding hydrogens is 130 g/mol. The van der Waals surface area contributed by atoms with Gasteiger partial charge < -0.3 is 4.74 Å². The zero-order valence-electron chi connectivity index (χ0n) is 6.63. The first kappa shape index (κ1) is 9.14. The molecule has 0 aromatic carbocycles. The van der Waals surface area contributed by atoms with Gasteiger partial charge in [0.25, 0.3) is 0 Å². The first-order valence-electron chi connectivity index (χ1n) is 3.24. The predicted molar refractivity (Wildman–Crippen MR) is 40.2 cm³/mol. The summed E-state index contributed by atoms with van der Waals surface area (Å²) in [5.74, 6) is -0.315. The molecule has 10 heavy (non-hydrogen) atoms. The number of aliphatic imine (C=N–C) groups is 1. The van der Waals surface area contributed by atoms with E-state index in [1.54, 1.807) is 20.8 Å². The third kappa shape index (κ3) is 3.22. The lowest BCUT2D eigenvalue weighted by molar-refractivity contribution is -0.148. The number of hydrogen-bond donors (Lipinski definition) is 0. The van der Waals surface area contributed by atoms with Crippen molar-refractivity contribution in [2.75, 3.05) is 0 Å². The lowest BCUT2D eigenvalue weighted by Gasteiger charge is -2.09. The Hall–Kier alpha value is -0.860. The highest BCUT2D eigenvalue weighted by Crippen LogP contribution is 1.96. The van der Waals surface area contributed by atoms with E-state index >= 15 is 0 Å². The Morgan fingerprint density at radius 1 is 1.50 bits per heavy atom. The number of esters is 1. The Bertz CT molecular complexity index is 132. The molecule has 1 atom stereocenters. The first-order chi connectivity index (χ1) is 4.57. The number of rotatable bonds is 3. The Kier molecular flexibility index (Phi) is 3.69. The molecule has 3 nitrogen and oxygen atoms in total. The summed E-state index contributed by atoms with van der Waals surface area (Å²) in [6, 6.07) is -0.442. The van der Waals surface area contributed by atoms with E-state index in [1.807, 2.05) is 0 Å². The van der Waals surface area contributed by atoms with Crippen LogP contribution < -0.4 is 0 Å². The van der Waals surface area contributed by atoms with E-state index in [9.17, 15) is 4.79 Å². The molecule has 0 N–H and O–H groups in total. The zero-order chi connectivity index (χ0) is 8.15. The second-order valence-electron chi connectivity index (χ2n) is 2.34. The van der Waals surface area contributed by atoms with Gasteiger partial charge in [-0.25, -0.2) is 4.79 Å². The van der Waals surface area contributed by atoms with Gasteiger partial charge in [-0.1, -0.05) is 0 Å². The van der Waals surface area contributed by atoms with Crippen molar-refractivity contribution in [2.24, 2.45) is 4.99 Å². The van der Waals surface area contributed by atoms with Gasteiger partial charge in [-0.05, 0) is 27.5 Å². The molecule has 0 spiro atoms.